The fourth-order valence-electron chi connectivity index (χ4n) is 2.30. The van der Waals surface area contributed by atoms with Crippen LogP contribution in [-0.4, -0.2) is 30.4 Å². The van der Waals surface area contributed by atoms with E-state index in [0.29, 0.717) is 6.54 Å². The number of rotatable bonds is 8. The molecule has 0 aliphatic rings. The zero-order chi connectivity index (χ0) is 19.8. The Morgan fingerprint density at radius 2 is 1.81 bits per heavy atom. The van der Waals surface area contributed by atoms with Crippen molar-refractivity contribution in [3.8, 4) is 0 Å². The maximum Gasteiger partial charge on any atom is 0.329 e. The Morgan fingerprint density at radius 1 is 1.11 bits per heavy atom. The lowest BCUT2D eigenvalue weighted by atomic mass is 10.0. The predicted molar refractivity (Wildman–Crippen MR) is 98.8 cm³/mol. The van der Waals surface area contributed by atoms with Crippen molar-refractivity contribution in [2.24, 2.45) is 5.92 Å². The van der Waals surface area contributed by atoms with Gasteiger partial charge in [0.15, 0.2) is 12.4 Å². The minimum atomic E-state index is -0.882. The van der Waals surface area contributed by atoms with Crippen LogP contribution in [-0.2, 0) is 20.9 Å². The minimum Gasteiger partial charge on any atom is -0.459 e. The number of carbonyl (C=O) groups excluding carboxylic acids is 3. The molecule has 0 saturated heterocycles. The van der Waals surface area contributed by atoms with E-state index >= 15 is 0 Å². The monoisotopic (exact) mass is 372 g/mol. The number of aryl methyl sites for hydroxylation is 1. The lowest BCUT2D eigenvalue weighted by molar-refractivity contribution is -0.151. The topological polar surface area (TPSA) is 97.6 Å². The van der Waals surface area contributed by atoms with E-state index in [1.54, 1.807) is 19.9 Å². The molecular weight excluding hydrogens is 348 g/mol. The maximum absolute atomic E-state index is 12.3. The molecule has 0 spiro atoms. The Kier molecular flexibility index (Phi) is 7.16. The Labute approximate surface area is 158 Å². The van der Waals surface area contributed by atoms with Gasteiger partial charge in [0, 0.05) is 6.54 Å². The average Bonchev–Trinajstić information content (AvgIpc) is 3.18. The van der Waals surface area contributed by atoms with E-state index < -0.39 is 30.4 Å². The third kappa shape index (κ3) is 6.29. The molecule has 144 valence electrons. The van der Waals surface area contributed by atoms with Gasteiger partial charge in [0.25, 0.3) is 11.8 Å². The molecule has 1 heterocycles. The van der Waals surface area contributed by atoms with Gasteiger partial charge in [0.2, 0.25) is 0 Å². The van der Waals surface area contributed by atoms with E-state index in [4.69, 9.17) is 9.15 Å². The molecule has 7 nitrogen and oxygen atoms in total. The van der Waals surface area contributed by atoms with Crippen LogP contribution in [0.15, 0.2) is 47.1 Å². The lowest BCUT2D eigenvalue weighted by Crippen LogP contribution is -2.46. The molecule has 27 heavy (non-hydrogen) atoms. The third-order valence-electron chi connectivity index (χ3n) is 3.91. The Hall–Kier alpha value is -3.09. The Morgan fingerprint density at radius 3 is 2.41 bits per heavy atom. The summed E-state index contributed by atoms with van der Waals surface area (Å²) in [7, 11) is 0. The predicted octanol–water partition coefficient (Wildman–Crippen LogP) is 2.20. The van der Waals surface area contributed by atoms with Gasteiger partial charge in [-0.15, -0.1) is 0 Å². The van der Waals surface area contributed by atoms with E-state index in [1.807, 2.05) is 31.2 Å². The molecule has 0 bridgehead atoms. The number of benzene rings is 1. The van der Waals surface area contributed by atoms with Crippen molar-refractivity contribution in [3.05, 3.63) is 59.5 Å². The molecule has 0 radical (unpaired) electrons. The van der Waals surface area contributed by atoms with Crippen LogP contribution in [0.1, 0.15) is 35.5 Å². The zero-order valence-electron chi connectivity index (χ0n) is 15.7. The highest BCUT2D eigenvalue weighted by molar-refractivity contribution is 5.94. The van der Waals surface area contributed by atoms with Crippen LogP contribution in [0, 0.1) is 12.8 Å². The van der Waals surface area contributed by atoms with Gasteiger partial charge in [0.05, 0.1) is 6.26 Å². The van der Waals surface area contributed by atoms with Crippen LogP contribution in [0.3, 0.4) is 0 Å². The first-order valence-electron chi connectivity index (χ1n) is 8.70. The minimum absolute atomic E-state index is 0.101. The van der Waals surface area contributed by atoms with Gasteiger partial charge in [-0.3, -0.25) is 9.59 Å². The Balaban J connectivity index is 1.81. The fraction of sp³-hybridized carbons (Fsp3) is 0.350. The number of hydrogen-bond donors (Lipinski definition) is 2. The summed E-state index contributed by atoms with van der Waals surface area (Å²) in [5.41, 5.74) is 2.08. The van der Waals surface area contributed by atoms with Crippen LogP contribution < -0.4 is 10.6 Å². The molecule has 0 aliphatic carbocycles. The number of nitrogens with one attached hydrogen (secondary N) is 2. The highest BCUT2D eigenvalue weighted by Crippen LogP contribution is 2.07. The number of hydrogen-bond acceptors (Lipinski definition) is 5. The maximum atomic E-state index is 12.3. The van der Waals surface area contributed by atoms with Crippen LogP contribution in [0.25, 0.3) is 0 Å². The molecule has 0 fully saturated rings. The summed E-state index contributed by atoms with van der Waals surface area (Å²) in [6.07, 6.45) is 1.37. The van der Waals surface area contributed by atoms with Crippen LogP contribution in [0.5, 0.6) is 0 Å². The molecule has 1 atom stereocenters. The van der Waals surface area contributed by atoms with Crippen molar-refractivity contribution in [1.82, 2.24) is 10.6 Å². The quantitative estimate of drug-likeness (QED) is 0.693. The van der Waals surface area contributed by atoms with E-state index in [9.17, 15) is 14.4 Å². The Bertz CT molecular complexity index is 766. The normalized spacial score (nSPS) is 11.7. The van der Waals surface area contributed by atoms with Gasteiger partial charge >= 0.3 is 5.97 Å². The van der Waals surface area contributed by atoms with Crippen molar-refractivity contribution >= 4 is 17.8 Å². The summed E-state index contributed by atoms with van der Waals surface area (Å²) >= 11 is 0. The average molecular weight is 372 g/mol. The summed E-state index contributed by atoms with van der Waals surface area (Å²) in [5.74, 6) is -1.71. The van der Waals surface area contributed by atoms with Crippen molar-refractivity contribution < 1.29 is 23.5 Å². The standard InChI is InChI=1S/C20H24N2O5/c1-13(2)18(22-19(24)16-5-4-10-26-16)20(25)27-12-17(23)21-11-15-8-6-14(3)7-9-15/h4-10,13,18H,11-12H2,1-3H3,(H,21,23)(H,22,24)/t18-/m0/s1. The largest absolute Gasteiger partial charge is 0.459 e. The molecule has 1 aromatic carbocycles. The molecule has 2 amide bonds. The second kappa shape index (κ2) is 9.56. The van der Waals surface area contributed by atoms with Crippen molar-refractivity contribution in [2.45, 2.75) is 33.4 Å². The van der Waals surface area contributed by atoms with Gasteiger partial charge in [-0.05, 0) is 30.5 Å². The van der Waals surface area contributed by atoms with E-state index in [0.717, 1.165) is 11.1 Å². The highest BCUT2D eigenvalue weighted by Gasteiger charge is 2.27. The van der Waals surface area contributed by atoms with Gasteiger partial charge in [-0.2, -0.15) is 0 Å². The van der Waals surface area contributed by atoms with Crippen LogP contribution in [0.2, 0.25) is 0 Å². The van der Waals surface area contributed by atoms with Crippen molar-refractivity contribution in [1.29, 1.82) is 0 Å². The molecule has 7 heteroatoms. The SMILES string of the molecule is Cc1ccc(CNC(=O)COC(=O)[C@@H](NC(=O)c2ccco2)C(C)C)cc1. The third-order valence-corrected chi connectivity index (χ3v) is 3.91. The highest BCUT2D eigenvalue weighted by atomic mass is 16.5. The van der Waals surface area contributed by atoms with Crippen LogP contribution in [0.4, 0.5) is 0 Å². The number of furan rings is 1. The van der Waals surface area contributed by atoms with Crippen LogP contribution >= 0.6 is 0 Å². The van der Waals surface area contributed by atoms with Crippen molar-refractivity contribution in [3.63, 3.8) is 0 Å². The summed E-state index contributed by atoms with van der Waals surface area (Å²) in [6.45, 7) is 5.46. The first kappa shape index (κ1) is 20.2. The fourth-order valence-corrected chi connectivity index (χ4v) is 2.30. The molecular formula is C20H24N2O5. The smallest absolute Gasteiger partial charge is 0.329 e. The second-order valence-corrected chi connectivity index (χ2v) is 6.54. The molecule has 2 N–H and O–H groups in total. The molecule has 2 aromatic rings. The number of amides is 2. The van der Waals surface area contributed by atoms with E-state index in [2.05, 4.69) is 10.6 Å². The summed E-state index contributed by atoms with van der Waals surface area (Å²) in [5, 5.41) is 5.25. The molecule has 1 aromatic heterocycles. The summed E-state index contributed by atoms with van der Waals surface area (Å²) < 4.78 is 10.1. The zero-order valence-corrected chi connectivity index (χ0v) is 15.7. The first-order valence-corrected chi connectivity index (χ1v) is 8.70. The second-order valence-electron chi connectivity index (χ2n) is 6.54. The van der Waals surface area contributed by atoms with E-state index in [1.165, 1.54) is 12.3 Å². The molecule has 0 unspecified atom stereocenters. The number of ether oxygens (including phenoxy) is 1. The first-order chi connectivity index (χ1) is 12.9. The van der Waals surface area contributed by atoms with Gasteiger partial charge in [-0.1, -0.05) is 43.7 Å². The molecule has 2 rings (SSSR count). The van der Waals surface area contributed by atoms with Gasteiger partial charge < -0.3 is 19.8 Å². The number of carbonyl (C=O) groups is 3. The lowest BCUT2D eigenvalue weighted by Gasteiger charge is -2.20. The van der Waals surface area contributed by atoms with Gasteiger partial charge in [-0.25, -0.2) is 4.79 Å². The molecule has 0 saturated carbocycles. The molecule has 0 aliphatic heterocycles. The van der Waals surface area contributed by atoms with Crippen molar-refractivity contribution in [2.75, 3.05) is 6.61 Å². The van der Waals surface area contributed by atoms with Gasteiger partial charge in [0.1, 0.15) is 6.04 Å². The number of esters is 1. The summed E-state index contributed by atoms with van der Waals surface area (Å²) in [6, 6.07) is 9.94. The van der Waals surface area contributed by atoms with E-state index in [-0.39, 0.29) is 11.7 Å². The summed E-state index contributed by atoms with van der Waals surface area (Å²) in [4.78, 5) is 36.2.